The standard InChI is InChI=1S/C6H7N7O/c7-6-10-4(12-13-6)5(14)9-3-1-2-8-11-3/h1-2H,(H3,7,10,12,13)(H2,8,9,11,14). The zero-order chi connectivity index (χ0) is 9.97. The van der Waals surface area contributed by atoms with E-state index in [4.69, 9.17) is 5.73 Å². The Bertz CT molecular complexity index is 431. The van der Waals surface area contributed by atoms with Crippen molar-refractivity contribution in [2.24, 2.45) is 0 Å². The summed E-state index contributed by atoms with van der Waals surface area (Å²) in [5, 5.41) is 14.6. The van der Waals surface area contributed by atoms with Crippen molar-refractivity contribution in [3.05, 3.63) is 18.1 Å². The van der Waals surface area contributed by atoms with Crippen molar-refractivity contribution >= 4 is 17.7 Å². The van der Waals surface area contributed by atoms with Gasteiger partial charge in [0, 0.05) is 6.07 Å². The van der Waals surface area contributed by atoms with Crippen LogP contribution in [0.4, 0.5) is 11.8 Å². The van der Waals surface area contributed by atoms with Gasteiger partial charge in [0.15, 0.2) is 0 Å². The van der Waals surface area contributed by atoms with Gasteiger partial charge in [0.2, 0.25) is 11.8 Å². The fraction of sp³-hybridized carbons (Fsp3) is 0. The number of anilines is 2. The monoisotopic (exact) mass is 193 g/mol. The highest BCUT2D eigenvalue weighted by molar-refractivity contribution is 6.00. The van der Waals surface area contributed by atoms with E-state index >= 15 is 0 Å². The van der Waals surface area contributed by atoms with E-state index in [2.05, 4.69) is 30.7 Å². The second kappa shape index (κ2) is 3.17. The van der Waals surface area contributed by atoms with Gasteiger partial charge in [0.05, 0.1) is 6.20 Å². The van der Waals surface area contributed by atoms with Gasteiger partial charge in [0.25, 0.3) is 5.91 Å². The van der Waals surface area contributed by atoms with Gasteiger partial charge in [-0.05, 0) is 0 Å². The van der Waals surface area contributed by atoms with Gasteiger partial charge < -0.3 is 11.1 Å². The predicted molar refractivity (Wildman–Crippen MR) is 47.3 cm³/mol. The minimum atomic E-state index is -0.432. The molecule has 2 heterocycles. The Morgan fingerprint density at radius 1 is 1.50 bits per heavy atom. The van der Waals surface area contributed by atoms with Crippen LogP contribution in [-0.2, 0) is 0 Å². The number of nitrogens with zero attached hydrogens (tertiary/aromatic N) is 3. The maximum Gasteiger partial charge on any atom is 0.294 e. The van der Waals surface area contributed by atoms with E-state index in [0.717, 1.165) is 0 Å². The molecule has 0 aliphatic carbocycles. The number of nitrogens with one attached hydrogen (secondary N) is 3. The van der Waals surface area contributed by atoms with Crippen molar-refractivity contribution in [2.45, 2.75) is 0 Å². The van der Waals surface area contributed by atoms with Crippen LogP contribution >= 0.6 is 0 Å². The molecule has 2 rings (SSSR count). The average Bonchev–Trinajstić information content (AvgIpc) is 2.75. The number of nitrogens with two attached hydrogens (primary N) is 1. The fourth-order valence-corrected chi connectivity index (χ4v) is 0.883. The Labute approximate surface area is 77.9 Å². The van der Waals surface area contributed by atoms with Crippen molar-refractivity contribution in [1.82, 2.24) is 25.4 Å². The number of amides is 1. The molecule has 72 valence electrons. The quantitative estimate of drug-likeness (QED) is 0.504. The van der Waals surface area contributed by atoms with Crippen LogP contribution in [0.3, 0.4) is 0 Å². The largest absolute Gasteiger partial charge is 0.366 e. The van der Waals surface area contributed by atoms with Gasteiger partial charge in [-0.1, -0.05) is 0 Å². The van der Waals surface area contributed by atoms with E-state index in [1.54, 1.807) is 6.07 Å². The highest BCUT2D eigenvalue weighted by Crippen LogP contribution is 2.01. The Kier molecular flexibility index (Phi) is 1.86. The van der Waals surface area contributed by atoms with Gasteiger partial charge in [0.1, 0.15) is 5.82 Å². The summed E-state index contributed by atoms with van der Waals surface area (Å²) in [6.07, 6.45) is 1.52. The molecular formula is C6H7N7O. The number of rotatable bonds is 2. The zero-order valence-electron chi connectivity index (χ0n) is 6.98. The SMILES string of the molecule is Nc1n[nH]c(C(=O)Nc2ccn[nH]2)n1. The number of nitrogen functional groups attached to an aromatic ring is 1. The summed E-state index contributed by atoms with van der Waals surface area (Å²) in [5.41, 5.74) is 5.24. The van der Waals surface area contributed by atoms with Gasteiger partial charge in [-0.25, -0.2) is 0 Å². The van der Waals surface area contributed by atoms with Crippen LogP contribution in [0.1, 0.15) is 10.6 Å². The third kappa shape index (κ3) is 1.53. The smallest absolute Gasteiger partial charge is 0.294 e. The molecule has 0 aromatic carbocycles. The molecule has 0 radical (unpaired) electrons. The van der Waals surface area contributed by atoms with Crippen LogP contribution in [0.25, 0.3) is 0 Å². The molecule has 0 aliphatic rings. The van der Waals surface area contributed by atoms with E-state index in [1.165, 1.54) is 6.20 Å². The predicted octanol–water partition coefficient (Wildman–Crippen LogP) is -0.638. The molecule has 0 unspecified atom stereocenters. The zero-order valence-corrected chi connectivity index (χ0v) is 6.98. The highest BCUT2D eigenvalue weighted by atomic mass is 16.2. The summed E-state index contributed by atoms with van der Waals surface area (Å²) in [4.78, 5) is 15.0. The van der Waals surface area contributed by atoms with Crippen molar-refractivity contribution in [3.8, 4) is 0 Å². The van der Waals surface area contributed by atoms with Crippen LogP contribution in [-0.4, -0.2) is 31.3 Å². The Morgan fingerprint density at radius 3 is 2.93 bits per heavy atom. The number of carbonyl (C=O) groups excluding carboxylic acids is 1. The molecule has 2 aromatic heterocycles. The van der Waals surface area contributed by atoms with Crippen LogP contribution in [0.15, 0.2) is 12.3 Å². The van der Waals surface area contributed by atoms with E-state index in [1.807, 2.05) is 0 Å². The summed E-state index contributed by atoms with van der Waals surface area (Å²) in [7, 11) is 0. The highest BCUT2D eigenvalue weighted by Gasteiger charge is 2.10. The lowest BCUT2D eigenvalue weighted by molar-refractivity contribution is 0.101. The maximum absolute atomic E-state index is 11.4. The first-order valence-corrected chi connectivity index (χ1v) is 3.74. The van der Waals surface area contributed by atoms with Crippen molar-refractivity contribution in [2.75, 3.05) is 11.1 Å². The lowest BCUT2D eigenvalue weighted by Crippen LogP contribution is -2.14. The van der Waals surface area contributed by atoms with Crippen LogP contribution in [0.5, 0.6) is 0 Å². The number of hydrogen-bond donors (Lipinski definition) is 4. The molecular weight excluding hydrogens is 186 g/mol. The lowest BCUT2D eigenvalue weighted by atomic mass is 10.5. The van der Waals surface area contributed by atoms with E-state index in [0.29, 0.717) is 5.82 Å². The number of aromatic amines is 2. The Hall–Kier alpha value is -2.38. The summed E-state index contributed by atoms with van der Waals surface area (Å²) in [6, 6.07) is 1.61. The first kappa shape index (κ1) is 8.23. The van der Waals surface area contributed by atoms with Gasteiger partial charge in [-0.2, -0.15) is 10.1 Å². The van der Waals surface area contributed by atoms with E-state index in [-0.39, 0.29) is 11.8 Å². The third-order valence-corrected chi connectivity index (χ3v) is 1.47. The number of carbonyl (C=O) groups is 1. The van der Waals surface area contributed by atoms with Crippen molar-refractivity contribution in [1.29, 1.82) is 0 Å². The minimum Gasteiger partial charge on any atom is -0.366 e. The maximum atomic E-state index is 11.4. The lowest BCUT2D eigenvalue weighted by Gasteiger charge is -1.96. The minimum absolute atomic E-state index is 0.0276. The first-order valence-electron chi connectivity index (χ1n) is 3.74. The second-order valence-electron chi connectivity index (χ2n) is 2.47. The molecule has 8 nitrogen and oxygen atoms in total. The van der Waals surface area contributed by atoms with Crippen molar-refractivity contribution < 1.29 is 4.79 Å². The molecule has 0 atom stereocenters. The molecule has 1 amide bonds. The normalized spacial score (nSPS) is 10.0. The van der Waals surface area contributed by atoms with Crippen LogP contribution in [0, 0.1) is 0 Å². The molecule has 0 bridgehead atoms. The van der Waals surface area contributed by atoms with Gasteiger partial charge >= 0.3 is 0 Å². The fourth-order valence-electron chi connectivity index (χ4n) is 0.883. The summed E-state index contributed by atoms with van der Waals surface area (Å²) in [5.74, 6) is 0.125. The molecule has 0 aliphatic heterocycles. The second-order valence-corrected chi connectivity index (χ2v) is 2.47. The summed E-state index contributed by atoms with van der Waals surface area (Å²) < 4.78 is 0. The molecule has 8 heteroatoms. The Balaban J connectivity index is 2.10. The van der Waals surface area contributed by atoms with Crippen LogP contribution < -0.4 is 11.1 Å². The molecule has 14 heavy (non-hydrogen) atoms. The van der Waals surface area contributed by atoms with E-state index < -0.39 is 5.91 Å². The van der Waals surface area contributed by atoms with Gasteiger partial charge in [-0.3, -0.25) is 15.0 Å². The summed E-state index contributed by atoms with van der Waals surface area (Å²) >= 11 is 0. The van der Waals surface area contributed by atoms with Gasteiger partial charge in [-0.15, -0.1) is 5.10 Å². The van der Waals surface area contributed by atoms with Crippen LogP contribution in [0.2, 0.25) is 0 Å². The molecule has 0 saturated carbocycles. The third-order valence-electron chi connectivity index (χ3n) is 1.47. The van der Waals surface area contributed by atoms with E-state index in [9.17, 15) is 4.79 Å². The molecule has 0 saturated heterocycles. The summed E-state index contributed by atoms with van der Waals surface area (Å²) in [6.45, 7) is 0. The molecule has 0 fully saturated rings. The molecule has 0 spiro atoms. The Morgan fingerprint density at radius 2 is 2.36 bits per heavy atom. The number of hydrogen-bond acceptors (Lipinski definition) is 5. The first-order chi connectivity index (χ1) is 6.75. The topological polar surface area (TPSA) is 125 Å². The number of aromatic nitrogens is 5. The molecule has 2 aromatic rings. The molecule has 5 N–H and O–H groups in total. The van der Waals surface area contributed by atoms with Crippen molar-refractivity contribution in [3.63, 3.8) is 0 Å². The number of H-pyrrole nitrogens is 2. The average molecular weight is 193 g/mol.